The fourth-order valence-corrected chi connectivity index (χ4v) is 2.79. The van der Waals surface area contributed by atoms with Gasteiger partial charge in [0, 0.05) is 6.20 Å². The van der Waals surface area contributed by atoms with E-state index in [0.717, 1.165) is 0 Å². The Kier molecular flexibility index (Phi) is 4.34. The van der Waals surface area contributed by atoms with Gasteiger partial charge in [0.1, 0.15) is 5.60 Å². The van der Waals surface area contributed by atoms with Crippen molar-refractivity contribution in [3.8, 4) is 11.9 Å². The lowest BCUT2D eigenvalue weighted by atomic mass is 9.60. The predicted molar refractivity (Wildman–Crippen MR) is 77.9 cm³/mol. The molecule has 0 amide bonds. The summed E-state index contributed by atoms with van der Waals surface area (Å²) in [6, 6.07) is 0.218. The maximum absolute atomic E-state index is 11.4. The van der Waals surface area contributed by atoms with E-state index in [-0.39, 0.29) is 6.01 Å². The van der Waals surface area contributed by atoms with Gasteiger partial charge >= 0.3 is 6.01 Å². The molecule has 0 aliphatic carbocycles. The highest BCUT2D eigenvalue weighted by molar-refractivity contribution is 5.34. The molecule has 0 fully saturated rings. The maximum atomic E-state index is 11.4. The molecule has 114 valence electrons. The zero-order chi connectivity index (χ0) is 15.8. The number of methoxy groups -OCH3 is 2. The number of aromatic nitrogens is 2. The topological polar surface area (TPSA) is 64.5 Å². The number of nitrogens with zero attached hydrogens (tertiary/aromatic N) is 2. The lowest BCUT2D eigenvalue weighted by molar-refractivity contribution is -0.146. The molecular weight excluding hydrogens is 256 g/mol. The Morgan fingerprint density at radius 3 is 1.80 bits per heavy atom. The van der Waals surface area contributed by atoms with Crippen LogP contribution in [0.2, 0.25) is 0 Å². The minimum absolute atomic E-state index is 0.218. The van der Waals surface area contributed by atoms with Crippen LogP contribution in [0.3, 0.4) is 0 Å². The fraction of sp³-hybridized carbons (Fsp3) is 0.733. The minimum atomic E-state index is -1.16. The summed E-state index contributed by atoms with van der Waals surface area (Å²) >= 11 is 0. The highest BCUT2D eigenvalue weighted by atomic mass is 16.5. The van der Waals surface area contributed by atoms with Gasteiger partial charge in [0.05, 0.1) is 19.8 Å². The number of hydrogen-bond donors (Lipinski definition) is 1. The number of hydrogen-bond acceptors (Lipinski definition) is 5. The Morgan fingerprint density at radius 1 is 0.950 bits per heavy atom. The molecule has 1 N–H and O–H groups in total. The molecule has 0 spiro atoms. The van der Waals surface area contributed by atoms with Gasteiger partial charge in [-0.2, -0.15) is 4.98 Å². The molecule has 1 heterocycles. The molecule has 20 heavy (non-hydrogen) atoms. The smallest absolute Gasteiger partial charge is 0.319 e. The van der Waals surface area contributed by atoms with Gasteiger partial charge in [-0.05, 0) is 10.8 Å². The van der Waals surface area contributed by atoms with E-state index in [9.17, 15) is 5.11 Å². The van der Waals surface area contributed by atoms with E-state index in [1.165, 1.54) is 14.2 Å². The SMILES string of the molecule is COc1ncc(C(O)(C(C)(C)C)C(C)(C)C)c(OC)n1. The van der Waals surface area contributed by atoms with Gasteiger partial charge in [-0.25, -0.2) is 4.98 Å². The van der Waals surface area contributed by atoms with Crippen LogP contribution in [-0.4, -0.2) is 29.3 Å². The number of rotatable bonds is 3. The molecule has 0 bridgehead atoms. The summed E-state index contributed by atoms with van der Waals surface area (Å²) in [5.74, 6) is 0.337. The van der Waals surface area contributed by atoms with Gasteiger partial charge in [-0.1, -0.05) is 41.5 Å². The summed E-state index contributed by atoms with van der Waals surface area (Å²) in [6.07, 6.45) is 1.58. The van der Waals surface area contributed by atoms with Crippen molar-refractivity contribution >= 4 is 0 Å². The highest BCUT2D eigenvalue weighted by Crippen LogP contribution is 2.53. The van der Waals surface area contributed by atoms with E-state index in [1.54, 1.807) is 6.20 Å². The number of ether oxygens (including phenoxy) is 2. The first-order valence-electron chi connectivity index (χ1n) is 6.67. The van der Waals surface area contributed by atoms with Crippen LogP contribution >= 0.6 is 0 Å². The van der Waals surface area contributed by atoms with Crippen LogP contribution in [0.5, 0.6) is 11.9 Å². The molecule has 0 unspecified atom stereocenters. The van der Waals surface area contributed by atoms with Gasteiger partial charge in [0.25, 0.3) is 0 Å². The second kappa shape index (κ2) is 5.20. The van der Waals surface area contributed by atoms with Crippen LogP contribution < -0.4 is 9.47 Å². The fourth-order valence-electron chi connectivity index (χ4n) is 2.79. The first-order chi connectivity index (χ1) is 8.99. The second-order valence-corrected chi connectivity index (χ2v) is 6.99. The quantitative estimate of drug-likeness (QED) is 0.923. The second-order valence-electron chi connectivity index (χ2n) is 6.99. The molecule has 0 aromatic carbocycles. The number of aliphatic hydroxyl groups is 1. The molecule has 5 heteroatoms. The largest absolute Gasteiger partial charge is 0.481 e. The molecule has 5 nitrogen and oxygen atoms in total. The van der Waals surface area contributed by atoms with Crippen LogP contribution in [0.15, 0.2) is 6.20 Å². The monoisotopic (exact) mass is 282 g/mol. The Bertz CT molecular complexity index is 459. The summed E-state index contributed by atoms with van der Waals surface area (Å²) in [5.41, 5.74) is -1.43. The summed E-state index contributed by atoms with van der Waals surface area (Å²) in [6.45, 7) is 11.9. The third kappa shape index (κ3) is 2.59. The van der Waals surface area contributed by atoms with E-state index in [2.05, 4.69) is 9.97 Å². The Labute approximate surface area is 121 Å². The Hall–Kier alpha value is -1.36. The average molecular weight is 282 g/mol. The first-order valence-corrected chi connectivity index (χ1v) is 6.67. The van der Waals surface area contributed by atoms with Crippen molar-refractivity contribution in [2.24, 2.45) is 10.8 Å². The van der Waals surface area contributed by atoms with Crippen molar-refractivity contribution < 1.29 is 14.6 Å². The zero-order valence-corrected chi connectivity index (χ0v) is 13.7. The molecule has 0 aliphatic heterocycles. The van der Waals surface area contributed by atoms with Crippen molar-refractivity contribution in [3.63, 3.8) is 0 Å². The molecule has 1 aromatic heterocycles. The lowest BCUT2D eigenvalue weighted by Gasteiger charge is -2.49. The van der Waals surface area contributed by atoms with Gasteiger partial charge in [-0.3, -0.25) is 0 Å². The Morgan fingerprint density at radius 2 is 1.45 bits per heavy atom. The standard InChI is InChI=1S/C15H26N2O3/c1-13(2,3)15(18,14(4,5)6)10-9-16-12(20-8)17-11(10)19-7/h9,18H,1-8H3. The van der Waals surface area contributed by atoms with Gasteiger partial charge in [-0.15, -0.1) is 0 Å². The van der Waals surface area contributed by atoms with Crippen molar-refractivity contribution in [1.29, 1.82) is 0 Å². The van der Waals surface area contributed by atoms with Gasteiger partial charge in [0.2, 0.25) is 5.88 Å². The molecule has 1 aromatic rings. The molecular formula is C15H26N2O3. The van der Waals surface area contributed by atoms with E-state index >= 15 is 0 Å². The summed E-state index contributed by atoms with van der Waals surface area (Å²) in [5, 5.41) is 11.4. The Balaban J connectivity index is 3.59. The van der Waals surface area contributed by atoms with Crippen LogP contribution in [-0.2, 0) is 5.60 Å². The lowest BCUT2D eigenvalue weighted by Crippen LogP contribution is -2.50. The zero-order valence-electron chi connectivity index (χ0n) is 13.7. The van der Waals surface area contributed by atoms with E-state index in [1.807, 2.05) is 41.5 Å². The molecule has 1 rings (SSSR count). The van der Waals surface area contributed by atoms with E-state index in [4.69, 9.17) is 9.47 Å². The summed E-state index contributed by atoms with van der Waals surface area (Å²) in [4.78, 5) is 8.31. The van der Waals surface area contributed by atoms with Crippen molar-refractivity contribution in [2.75, 3.05) is 14.2 Å². The molecule has 0 saturated heterocycles. The third-order valence-electron chi connectivity index (χ3n) is 3.67. The normalized spacial score (nSPS) is 13.2. The van der Waals surface area contributed by atoms with Crippen LogP contribution in [0.4, 0.5) is 0 Å². The van der Waals surface area contributed by atoms with Gasteiger partial charge < -0.3 is 14.6 Å². The average Bonchev–Trinajstić information content (AvgIpc) is 2.34. The first kappa shape index (κ1) is 16.7. The van der Waals surface area contributed by atoms with Crippen molar-refractivity contribution in [3.05, 3.63) is 11.8 Å². The minimum Gasteiger partial charge on any atom is -0.481 e. The van der Waals surface area contributed by atoms with Crippen LogP contribution in [0.25, 0.3) is 0 Å². The summed E-state index contributed by atoms with van der Waals surface area (Å²) < 4.78 is 10.3. The van der Waals surface area contributed by atoms with Crippen LogP contribution in [0, 0.1) is 10.8 Å². The van der Waals surface area contributed by atoms with Gasteiger partial charge in [0.15, 0.2) is 0 Å². The van der Waals surface area contributed by atoms with E-state index < -0.39 is 16.4 Å². The highest BCUT2D eigenvalue weighted by Gasteiger charge is 2.52. The predicted octanol–water partition coefficient (Wildman–Crippen LogP) is 2.77. The maximum Gasteiger partial charge on any atom is 0.319 e. The molecule has 0 aliphatic rings. The van der Waals surface area contributed by atoms with Crippen LogP contribution in [0.1, 0.15) is 47.1 Å². The van der Waals surface area contributed by atoms with E-state index in [0.29, 0.717) is 11.4 Å². The molecule has 0 saturated carbocycles. The summed E-state index contributed by atoms with van der Waals surface area (Å²) in [7, 11) is 3.02. The van der Waals surface area contributed by atoms with Crippen molar-refractivity contribution in [2.45, 2.75) is 47.1 Å². The molecule has 0 radical (unpaired) electrons. The van der Waals surface area contributed by atoms with Crippen molar-refractivity contribution in [1.82, 2.24) is 9.97 Å². The third-order valence-corrected chi connectivity index (χ3v) is 3.67. The molecule has 0 atom stereocenters.